The standard InChI is InChI=1S/C31H37NO4/c1-19(2)21-8-12-25-22(16-21)9-13-26-30(3,14-5-15-31(25,26)4)18-32-29(35)28-24(17-27(34)36-28)20-6-10-23(33)11-7-20/h6-8,10-12,16-17,19,26,28,33H,5,9,13-15,18H2,1-4H3,(H,32,35)/t26?,28?,30-,31+/m0/s1. The number of rotatable bonds is 5. The quantitative estimate of drug-likeness (QED) is 0.535. The lowest BCUT2D eigenvalue weighted by atomic mass is 9.49. The van der Waals surface area contributed by atoms with E-state index in [0.29, 0.717) is 29.5 Å². The van der Waals surface area contributed by atoms with E-state index in [1.165, 1.54) is 29.2 Å². The number of carbonyl (C=O) groups excluding carboxylic acids is 2. The minimum Gasteiger partial charge on any atom is -0.508 e. The highest BCUT2D eigenvalue weighted by Crippen LogP contribution is 2.57. The largest absolute Gasteiger partial charge is 0.508 e. The smallest absolute Gasteiger partial charge is 0.332 e. The molecular weight excluding hydrogens is 450 g/mol. The SMILES string of the molecule is CC(C)c1ccc2c(c1)CCC1[C@](C)(CNC(=O)C3OC(=O)C=C3c3ccc(O)cc3)CCC[C@]21C. The number of cyclic esters (lactones) is 1. The number of esters is 1. The molecule has 5 nitrogen and oxygen atoms in total. The Morgan fingerprint density at radius 2 is 1.89 bits per heavy atom. The van der Waals surface area contributed by atoms with Gasteiger partial charge in [0.1, 0.15) is 5.75 Å². The van der Waals surface area contributed by atoms with E-state index in [9.17, 15) is 14.7 Å². The van der Waals surface area contributed by atoms with Gasteiger partial charge < -0.3 is 15.2 Å². The summed E-state index contributed by atoms with van der Waals surface area (Å²) >= 11 is 0. The molecule has 0 radical (unpaired) electrons. The molecule has 190 valence electrons. The van der Waals surface area contributed by atoms with Gasteiger partial charge in [-0.1, -0.05) is 64.4 Å². The molecule has 1 saturated carbocycles. The number of hydrogen-bond donors (Lipinski definition) is 2. The predicted molar refractivity (Wildman–Crippen MR) is 141 cm³/mol. The minimum absolute atomic E-state index is 0.0396. The van der Waals surface area contributed by atoms with Crippen molar-refractivity contribution in [3.63, 3.8) is 0 Å². The summed E-state index contributed by atoms with van der Waals surface area (Å²) in [6, 6.07) is 13.6. The fourth-order valence-electron chi connectivity index (χ4n) is 7.10. The number of phenolic OH excluding ortho intramolecular Hbond substituents is 1. The second-order valence-corrected chi connectivity index (χ2v) is 11.8. The number of aromatic hydroxyl groups is 1. The number of phenols is 1. The molecule has 1 heterocycles. The lowest BCUT2D eigenvalue weighted by Crippen LogP contribution is -2.54. The zero-order valence-corrected chi connectivity index (χ0v) is 21.8. The van der Waals surface area contributed by atoms with Crippen LogP contribution in [0.5, 0.6) is 5.75 Å². The molecule has 36 heavy (non-hydrogen) atoms. The van der Waals surface area contributed by atoms with E-state index in [2.05, 4.69) is 51.2 Å². The van der Waals surface area contributed by atoms with E-state index in [1.54, 1.807) is 24.3 Å². The topological polar surface area (TPSA) is 75.6 Å². The molecule has 0 spiro atoms. The van der Waals surface area contributed by atoms with E-state index in [4.69, 9.17) is 4.74 Å². The fraction of sp³-hybridized carbons (Fsp3) is 0.484. The summed E-state index contributed by atoms with van der Waals surface area (Å²) in [6.07, 6.45) is 5.97. The number of aryl methyl sites for hydroxylation is 1. The first-order chi connectivity index (χ1) is 17.1. The van der Waals surface area contributed by atoms with Crippen LogP contribution in [0.15, 0.2) is 48.5 Å². The van der Waals surface area contributed by atoms with E-state index in [0.717, 1.165) is 25.7 Å². The average Bonchev–Trinajstić information content (AvgIpc) is 3.24. The first-order valence-corrected chi connectivity index (χ1v) is 13.2. The molecule has 2 aliphatic carbocycles. The summed E-state index contributed by atoms with van der Waals surface area (Å²) < 4.78 is 5.39. The van der Waals surface area contributed by atoms with Crippen molar-refractivity contribution < 1.29 is 19.4 Å². The lowest BCUT2D eigenvalue weighted by Gasteiger charge is -2.55. The number of fused-ring (bicyclic) bond motifs is 3. The third kappa shape index (κ3) is 4.23. The van der Waals surface area contributed by atoms with E-state index < -0.39 is 12.1 Å². The van der Waals surface area contributed by atoms with Crippen molar-refractivity contribution in [3.05, 3.63) is 70.8 Å². The second kappa shape index (κ2) is 9.10. The summed E-state index contributed by atoms with van der Waals surface area (Å²) in [5.41, 5.74) is 5.67. The Morgan fingerprint density at radius 3 is 2.61 bits per heavy atom. The van der Waals surface area contributed by atoms with Crippen LogP contribution in [0.2, 0.25) is 0 Å². The summed E-state index contributed by atoms with van der Waals surface area (Å²) in [4.78, 5) is 25.3. The highest BCUT2D eigenvalue weighted by atomic mass is 16.6. The van der Waals surface area contributed by atoms with Crippen molar-refractivity contribution in [1.29, 1.82) is 0 Å². The minimum atomic E-state index is -0.970. The predicted octanol–water partition coefficient (Wildman–Crippen LogP) is 5.65. The van der Waals surface area contributed by atoms with Gasteiger partial charge in [-0.3, -0.25) is 4.79 Å². The highest BCUT2D eigenvalue weighted by Gasteiger charge is 2.52. The molecule has 1 amide bonds. The third-order valence-electron chi connectivity index (χ3n) is 9.06. The van der Waals surface area contributed by atoms with Crippen LogP contribution in [0.4, 0.5) is 0 Å². The van der Waals surface area contributed by atoms with Crippen LogP contribution in [0.25, 0.3) is 5.57 Å². The number of carbonyl (C=O) groups is 2. The van der Waals surface area contributed by atoms with Crippen LogP contribution in [0.1, 0.15) is 81.5 Å². The second-order valence-electron chi connectivity index (χ2n) is 11.8. The lowest BCUT2D eigenvalue weighted by molar-refractivity contribution is -0.146. The molecule has 0 saturated heterocycles. The monoisotopic (exact) mass is 487 g/mol. The van der Waals surface area contributed by atoms with Gasteiger partial charge >= 0.3 is 5.97 Å². The van der Waals surface area contributed by atoms with Crippen molar-refractivity contribution in [3.8, 4) is 5.75 Å². The maximum absolute atomic E-state index is 13.3. The maximum atomic E-state index is 13.3. The Labute approximate surface area is 213 Å². The molecule has 5 heteroatoms. The number of hydrogen-bond acceptors (Lipinski definition) is 4. The van der Waals surface area contributed by atoms with Crippen LogP contribution in [0.3, 0.4) is 0 Å². The van der Waals surface area contributed by atoms with E-state index in [1.807, 2.05) is 0 Å². The summed E-state index contributed by atoms with van der Waals surface area (Å²) in [6.45, 7) is 9.80. The van der Waals surface area contributed by atoms with Crippen LogP contribution in [-0.2, 0) is 26.2 Å². The summed E-state index contributed by atoms with van der Waals surface area (Å²) in [5.74, 6) is 0.326. The molecule has 2 unspecified atom stereocenters. The highest BCUT2D eigenvalue weighted by molar-refractivity contribution is 6.06. The van der Waals surface area contributed by atoms with Gasteiger partial charge in [0.15, 0.2) is 0 Å². The van der Waals surface area contributed by atoms with Crippen LogP contribution in [-0.4, -0.2) is 29.6 Å². The molecule has 1 aliphatic heterocycles. The van der Waals surface area contributed by atoms with Crippen LogP contribution < -0.4 is 5.32 Å². The summed E-state index contributed by atoms with van der Waals surface area (Å²) in [5, 5.41) is 12.8. The van der Waals surface area contributed by atoms with Crippen molar-refractivity contribution in [2.24, 2.45) is 11.3 Å². The molecular formula is C31H37NO4. The zero-order valence-electron chi connectivity index (χ0n) is 21.8. The molecule has 0 bridgehead atoms. The molecule has 5 rings (SSSR count). The first-order valence-electron chi connectivity index (χ1n) is 13.2. The first kappa shape index (κ1) is 24.6. The van der Waals surface area contributed by atoms with Crippen molar-refractivity contribution in [1.82, 2.24) is 5.32 Å². The fourth-order valence-corrected chi connectivity index (χ4v) is 7.10. The van der Waals surface area contributed by atoms with Gasteiger partial charge in [0.05, 0.1) is 0 Å². The van der Waals surface area contributed by atoms with Crippen LogP contribution >= 0.6 is 0 Å². The van der Waals surface area contributed by atoms with Crippen LogP contribution in [0, 0.1) is 11.3 Å². The van der Waals surface area contributed by atoms with Crippen molar-refractivity contribution in [2.75, 3.05) is 6.54 Å². The number of ether oxygens (including phenoxy) is 1. The molecule has 2 aromatic carbocycles. The van der Waals surface area contributed by atoms with E-state index in [-0.39, 0.29) is 22.5 Å². The van der Waals surface area contributed by atoms with Gasteiger partial charge in [-0.05, 0) is 82.7 Å². The number of amides is 1. The zero-order chi connectivity index (χ0) is 25.7. The molecule has 2 aromatic rings. The maximum Gasteiger partial charge on any atom is 0.332 e. The van der Waals surface area contributed by atoms with Crippen molar-refractivity contribution in [2.45, 2.75) is 77.2 Å². The molecule has 0 aromatic heterocycles. The number of benzene rings is 2. The Morgan fingerprint density at radius 1 is 1.14 bits per heavy atom. The third-order valence-corrected chi connectivity index (χ3v) is 9.06. The Bertz CT molecular complexity index is 1210. The molecule has 2 N–H and O–H groups in total. The van der Waals surface area contributed by atoms with Gasteiger partial charge in [-0.2, -0.15) is 0 Å². The number of nitrogens with one attached hydrogen (secondary N) is 1. The van der Waals surface area contributed by atoms with Gasteiger partial charge in [-0.25, -0.2) is 4.79 Å². The molecule has 1 fully saturated rings. The van der Waals surface area contributed by atoms with E-state index >= 15 is 0 Å². The van der Waals surface area contributed by atoms with Gasteiger partial charge in [-0.15, -0.1) is 0 Å². The Hall–Kier alpha value is -3.08. The van der Waals surface area contributed by atoms with Gasteiger partial charge in [0.25, 0.3) is 5.91 Å². The average molecular weight is 488 g/mol. The van der Waals surface area contributed by atoms with Crippen molar-refractivity contribution >= 4 is 17.4 Å². The molecule has 3 aliphatic rings. The van der Waals surface area contributed by atoms with Gasteiger partial charge in [0, 0.05) is 18.2 Å². The summed E-state index contributed by atoms with van der Waals surface area (Å²) in [7, 11) is 0. The Kier molecular flexibility index (Phi) is 6.22. The van der Waals surface area contributed by atoms with Gasteiger partial charge in [0.2, 0.25) is 6.10 Å². The normalized spacial score (nSPS) is 29.2. The Balaban J connectivity index is 1.34. The molecule has 4 atom stereocenters.